The molecule has 3 aromatic rings. The largest absolute Gasteiger partial charge is 0.464 e. The normalized spacial score (nSPS) is 12.7. The Morgan fingerprint density at radius 3 is 2.81 bits per heavy atom. The average Bonchev–Trinajstić information content (AvgIpc) is 2.92. The molecule has 4 heteroatoms. The molecule has 0 fully saturated rings. The Bertz CT molecular complexity index is 768. The lowest BCUT2D eigenvalue weighted by molar-refractivity contribution is 0.560. The van der Waals surface area contributed by atoms with Crippen LogP contribution < -0.4 is 5.32 Å². The first-order valence-corrected chi connectivity index (χ1v) is 7.14. The summed E-state index contributed by atoms with van der Waals surface area (Å²) >= 11 is 5.72. The number of fused-ring (bicyclic) bond motifs is 1. The fraction of sp³-hybridized carbons (Fsp3) is 0.176. The van der Waals surface area contributed by atoms with E-state index in [-0.39, 0.29) is 16.9 Å². The van der Waals surface area contributed by atoms with Crippen LogP contribution in [0.4, 0.5) is 4.39 Å². The van der Waals surface area contributed by atoms with Gasteiger partial charge < -0.3 is 9.73 Å². The first-order valence-electron chi connectivity index (χ1n) is 6.76. The minimum Gasteiger partial charge on any atom is -0.464 e. The number of hydrogen-bond acceptors (Lipinski definition) is 2. The molecule has 2 nitrogen and oxygen atoms in total. The monoisotopic (exact) mass is 303 g/mol. The third-order valence-electron chi connectivity index (χ3n) is 3.66. The van der Waals surface area contributed by atoms with E-state index in [0.29, 0.717) is 6.42 Å². The van der Waals surface area contributed by atoms with Gasteiger partial charge in [0.25, 0.3) is 0 Å². The second-order valence-electron chi connectivity index (χ2n) is 4.98. The van der Waals surface area contributed by atoms with E-state index in [2.05, 4.69) is 5.32 Å². The maximum atomic E-state index is 13.6. The first kappa shape index (κ1) is 14.1. The van der Waals surface area contributed by atoms with Gasteiger partial charge in [-0.05, 0) is 37.2 Å². The topological polar surface area (TPSA) is 25.2 Å². The van der Waals surface area contributed by atoms with Gasteiger partial charge >= 0.3 is 0 Å². The van der Waals surface area contributed by atoms with Gasteiger partial charge in [-0.2, -0.15) is 0 Å². The van der Waals surface area contributed by atoms with Crippen molar-refractivity contribution in [2.75, 3.05) is 7.05 Å². The van der Waals surface area contributed by atoms with Crippen LogP contribution >= 0.6 is 11.6 Å². The Labute approximate surface area is 127 Å². The molecule has 0 radical (unpaired) electrons. The number of para-hydroxylation sites is 1. The maximum Gasteiger partial charge on any atom is 0.142 e. The highest BCUT2D eigenvalue weighted by Gasteiger charge is 2.16. The van der Waals surface area contributed by atoms with Gasteiger partial charge in [-0.25, -0.2) is 4.39 Å². The van der Waals surface area contributed by atoms with Crippen molar-refractivity contribution in [3.63, 3.8) is 0 Å². The van der Waals surface area contributed by atoms with Crippen molar-refractivity contribution in [2.24, 2.45) is 0 Å². The Kier molecular flexibility index (Phi) is 3.95. The molecule has 21 heavy (non-hydrogen) atoms. The van der Waals surface area contributed by atoms with E-state index in [1.807, 2.05) is 37.4 Å². The van der Waals surface area contributed by atoms with Crippen molar-refractivity contribution >= 4 is 22.6 Å². The number of likely N-dealkylation sites (N-methyl/N-ethyl adjacent to an activating group) is 1. The van der Waals surface area contributed by atoms with Gasteiger partial charge in [0.05, 0.1) is 11.3 Å². The number of furan rings is 1. The maximum absolute atomic E-state index is 13.6. The molecule has 1 aromatic heterocycles. The molecule has 1 N–H and O–H groups in total. The van der Waals surface area contributed by atoms with E-state index in [0.717, 1.165) is 22.1 Å². The zero-order chi connectivity index (χ0) is 14.8. The third-order valence-corrected chi connectivity index (χ3v) is 3.97. The van der Waals surface area contributed by atoms with Gasteiger partial charge in [0.2, 0.25) is 0 Å². The lowest BCUT2D eigenvalue weighted by Crippen LogP contribution is -2.18. The van der Waals surface area contributed by atoms with Crippen LogP contribution in [0.2, 0.25) is 5.02 Å². The molecule has 1 unspecified atom stereocenters. The zero-order valence-electron chi connectivity index (χ0n) is 11.6. The highest BCUT2D eigenvalue weighted by Crippen LogP contribution is 2.29. The molecular formula is C17H15ClFNO. The van der Waals surface area contributed by atoms with Crippen LogP contribution in [-0.2, 0) is 6.42 Å². The van der Waals surface area contributed by atoms with Crippen LogP contribution in [0.1, 0.15) is 17.2 Å². The van der Waals surface area contributed by atoms with E-state index >= 15 is 0 Å². The van der Waals surface area contributed by atoms with Crippen molar-refractivity contribution in [3.8, 4) is 0 Å². The van der Waals surface area contributed by atoms with Crippen LogP contribution in [0.15, 0.2) is 53.1 Å². The van der Waals surface area contributed by atoms with Crippen LogP contribution in [0.5, 0.6) is 0 Å². The minimum atomic E-state index is -0.388. The van der Waals surface area contributed by atoms with Crippen LogP contribution in [0, 0.1) is 5.82 Å². The van der Waals surface area contributed by atoms with Gasteiger partial charge in [0, 0.05) is 17.0 Å². The Hall–Kier alpha value is -1.84. The number of hydrogen-bond donors (Lipinski definition) is 1. The summed E-state index contributed by atoms with van der Waals surface area (Å²) in [5, 5.41) is 4.49. The second-order valence-corrected chi connectivity index (χ2v) is 5.39. The molecule has 0 amide bonds. The van der Waals surface area contributed by atoms with Gasteiger partial charge in [0.1, 0.15) is 11.4 Å². The van der Waals surface area contributed by atoms with Crippen molar-refractivity contribution in [1.82, 2.24) is 5.32 Å². The van der Waals surface area contributed by atoms with Gasteiger partial charge in [-0.3, -0.25) is 0 Å². The van der Waals surface area contributed by atoms with Crippen LogP contribution in [0.3, 0.4) is 0 Å². The van der Waals surface area contributed by atoms with Crippen molar-refractivity contribution in [1.29, 1.82) is 0 Å². The van der Waals surface area contributed by atoms with Gasteiger partial charge in [-0.1, -0.05) is 35.9 Å². The quantitative estimate of drug-likeness (QED) is 0.754. The molecule has 0 aliphatic heterocycles. The molecule has 0 saturated heterocycles. The summed E-state index contributed by atoms with van der Waals surface area (Å²) < 4.78 is 19.1. The summed E-state index contributed by atoms with van der Waals surface area (Å²) in [7, 11) is 1.89. The third kappa shape index (κ3) is 2.80. The van der Waals surface area contributed by atoms with Crippen molar-refractivity contribution < 1.29 is 8.81 Å². The highest BCUT2D eigenvalue weighted by molar-refractivity contribution is 6.30. The average molecular weight is 304 g/mol. The molecule has 2 aromatic carbocycles. The zero-order valence-corrected chi connectivity index (χ0v) is 12.3. The fourth-order valence-corrected chi connectivity index (χ4v) is 2.66. The lowest BCUT2D eigenvalue weighted by Gasteiger charge is -2.15. The molecule has 1 atom stereocenters. The number of rotatable bonds is 4. The minimum absolute atomic E-state index is 0.0502. The van der Waals surface area contributed by atoms with E-state index in [4.69, 9.17) is 16.0 Å². The first-order chi connectivity index (χ1) is 10.2. The molecule has 108 valence electrons. The Balaban J connectivity index is 1.93. The molecule has 0 spiro atoms. The molecule has 3 rings (SSSR count). The van der Waals surface area contributed by atoms with E-state index in [1.165, 1.54) is 6.07 Å². The van der Waals surface area contributed by atoms with E-state index < -0.39 is 0 Å². The predicted molar refractivity (Wildman–Crippen MR) is 83.1 cm³/mol. The summed E-state index contributed by atoms with van der Waals surface area (Å²) in [4.78, 5) is 0. The highest BCUT2D eigenvalue weighted by atomic mass is 35.5. The smallest absolute Gasteiger partial charge is 0.142 e. The molecule has 0 aliphatic rings. The molecule has 0 saturated carbocycles. The predicted octanol–water partition coefficient (Wildman–Crippen LogP) is 4.73. The SMILES string of the molecule is CNC(Cc1ccc(Cl)c(F)c1)c1coc2ccccc12. The summed E-state index contributed by atoms with van der Waals surface area (Å²) in [6.45, 7) is 0. The number of benzene rings is 2. The van der Waals surface area contributed by atoms with E-state index in [9.17, 15) is 4.39 Å². The number of nitrogens with one attached hydrogen (secondary N) is 1. The van der Waals surface area contributed by atoms with Gasteiger partial charge in [0.15, 0.2) is 0 Å². The fourth-order valence-electron chi connectivity index (χ4n) is 2.54. The summed E-state index contributed by atoms with van der Waals surface area (Å²) in [5.41, 5.74) is 2.82. The van der Waals surface area contributed by atoms with Crippen molar-refractivity contribution in [2.45, 2.75) is 12.5 Å². The van der Waals surface area contributed by atoms with Gasteiger partial charge in [-0.15, -0.1) is 0 Å². The lowest BCUT2D eigenvalue weighted by atomic mass is 9.98. The second kappa shape index (κ2) is 5.88. The molecular weight excluding hydrogens is 289 g/mol. The molecule has 0 bridgehead atoms. The Morgan fingerprint density at radius 2 is 2.05 bits per heavy atom. The summed E-state index contributed by atoms with van der Waals surface area (Å²) in [5.74, 6) is -0.388. The van der Waals surface area contributed by atoms with Crippen molar-refractivity contribution in [3.05, 3.63) is 70.7 Å². The number of halogens is 2. The Morgan fingerprint density at radius 1 is 1.24 bits per heavy atom. The van der Waals surface area contributed by atoms with Crippen LogP contribution in [-0.4, -0.2) is 7.05 Å². The van der Waals surface area contributed by atoms with E-state index in [1.54, 1.807) is 12.3 Å². The summed E-state index contributed by atoms with van der Waals surface area (Å²) in [6, 6.07) is 12.9. The summed E-state index contributed by atoms with van der Waals surface area (Å²) in [6.07, 6.45) is 2.42. The molecule has 0 aliphatic carbocycles. The van der Waals surface area contributed by atoms with Crippen LogP contribution in [0.25, 0.3) is 11.0 Å². The standard InChI is InChI=1S/C17H15ClFNO/c1-20-16(9-11-6-7-14(18)15(19)8-11)13-10-21-17-5-3-2-4-12(13)17/h2-8,10,16,20H,9H2,1H3. The molecule has 1 heterocycles.